The molecule has 2 N–H and O–H groups in total. The van der Waals surface area contributed by atoms with Crippen LogP contribution in [0.15, 0.2) is 53.6 Å². The SMILES string of the molecule is COc1cc(/C=N/Nc2nc(Nc3ccccc3)nc(N3CCCCC3)n2)ccc1Oc1nc(N2CCOCC2)nc(N2CCOCC2)n1. The fraction of sp³-hybridized carbons (Fsp3) is 0.424. The van der Waals surface area contributed by atoms with Gasteiger partial charge in [0.05, 0.1) is 39.8 Å². The Balaban J connectivity index is 1.08. The van der Waals surface area contributed by atoms with E-state index < -0.39 is 0 Å². The first kappa shape index (κ1) is 32.2. The maximum Gasteiger partial charge on any atom is 0.328 e. The van der Waals surface area contributed by atoms with E-state index in [1.807, 2.05) is 42.5 Å². The molecule has 256 valence electrons. The Morgan fingerprint density at radius 1 is 0.673 bits per heavy atom. The second-order valence-corrected chi connectivity index (χ2v) is 11.6. The van der Waals surface area contributed by atoms with Crippen LogP contribution in [0.2, 0.25) is 0 Å². The number of aromatic nitrogens is 6. The van der Waals surface area contributed by atoms with Crippen molar-refractivity contribution in [1.29, 1.82) is 0 Å². The van der Waals surface area contributed by atoms with E-state index in [9.17, 15) is 0 Å². The summed E-state index contributed by atoms with van der Waals surface area (Å²) in [7, 11) is 1.58. The van der Waals surface area contributed by atoms with Crippen molar-refractivity contribution in [2.45, 2.75) is 19.3 Å². The van der Waals surface area contributed by atoms with Gasteiger partial charge in [-0.1, -0.05) is 18.2 Å². The number of anilines is 6. The molecule has 0 atom stereocenters. The number of ether oxygens (including phenoxy) is 4. The zero-order chi connectivity index (χ0) is 33.3. The number of morpholine rings is 2. The number of hydrazone groups is 1. The summed E-state index contributed by atoms with van der Waals surface area (Å²) in [5.41, 5.74) is 4.63. The number of hydrogen-bond acceptors (Lipinski definition) is 16. The van der Waals surface area contributed by atoms with E-state index in [4.69, 9.17) is 23.9 Å². The van der Waals surface area contributed by atoms with E-state index in [2.05, 4.69) is 55.5 Å². The quantitative estimate of drug-likeness (QED) is 0.176. The molecule has 3 fully saturated rings. The lowest BCUT2D eigenvalue weighted by molar-refractivity contribution is 0.121. The van der Waals surface area contributed by atoms with Crippen LogP contribution in [-0.2, 0) is 9.47 Å². The smallest absolute Gasteiger partial charge is 0.328 e. The molecule has 2 aromatic carbocycles. The van der Waals surface area contributed by atoms with Gasteiger partial charge in [0.1, 0.15) is 0 Å². The molecule has 0 aliphatic carbocycles. The number of rotatable bonds is 11. The molecule has 16 nitrogen and oxygen atoms in total. The Bertz CT molecular complexity index is 1680. The fourth-order valence-electron chi connectivity index (χ4n) is 5.66. The number of hydrogen-bond donors (Lipinski definition) is 2. The Morgan fingerprint density at radius 3 is 1.98 bits per heavy atom. The number of nitrogens with one attached hydrogen (secondary N) is 2. The van der Waals surface area contributed by atoms with Gasteiger partial charge in [-0.3, -0.25) is 0 Å². The molecule has 3 saturated heterocycles. The van der Waals surface area contributed by atoms with Crippen molar-refractivity contribution in [3.63, 3.8) is 0 Å². The van der Waals surface area contributed by atoms with Crippen molar-refractivity contribution >= 4 is 41.6 Å². The van der Waals surface area contributed by atoms with Gasteiger partial charge in [0.25, 0.3) is 0 Å². The second-order valence-electron chi connectivity index (χ2n) is 11.6. The van der Waals surface area contributed by atoms with Crippen molar-refractivity contribution < 1.29 is 18.9 Å². The summed E-state index contributed by atoms with van der Waals surface area (Å²) >= 11 is 0. The molecule has 0 unspecified atom stereocenters. The van der Waals surface area contributed by atoms with E-state index in [0.29, 0.717) is 93.8 Å². The lowest BCUT2D eigenvalue weighted by Crippen LogP contribution is -2.40. The Hall–Kier alpha value is -5.35. The molecule has 0 spiro atoms. The minimum atomic E-state index is 0.179. The molecule has 3 aliphatic rings. The maximum atomic E-state index is 6.22. The van der Waals surface area contributed by atoms with E-state index >= 15 is 0 Å². The average Bonchev–Trinajstić information content (AvgIpc) is 3.16. The number of piperidine rings is 1. The van der Waals surface area contributed by atoms with Crippen molar-refractivity contribution in [3.05, 3.63) is 54.1 Å². The van der Waals surface area contributed by atoms with Crippen LogP contribution in [0.5, 0.6) is 17.5 Å². The summed E-state index contributed by atoms with van der Waals surface area (Å²) in [5, 5.41) is 7.70. The van der Waals surface area contributed by atoms with Gasteiger partial charge < -0.3 is 39.0 Å². The zero-order valence-corrected chi connectivity index (χ0v) is 27.5. The van der Waals surface area contributed by atoms with Crippen molar-refractivity contribution in [2.24, 2.45) is 5.10 Å². The molecule has 0 saturated carbocycles. The predicted octanol–water partition coefficient (Wildman–Crippen LogP) is 3.71. The summed E-state index contributed by atoms with van der Waals surface area (Å²) in [5.74, 6) is 3.43. The largest absolute Gasteiger partial charge is 0.493 e. The monoisotopic (exact) mass is 668 g/mol. The van der Waals surface area contributed by atoms with Crippen molar-refractivity contribution in [3.8, 4) is 17.5 Å². The van der Waals surface area contributed by atoms with Crippen LogP contribution < -0.4 is 34.9 Å². The normalized spacial score (nSPS) is 16.9. The van der Waals surface area contributed by atoms with Gasteiger partial charge in [-0.2, -0.15) is 35.0 Å². The summed E-state index contributed by atoms with van der Waals surface area (Å²) in [4.78, 5) is 34.3. The lowest BCUT2D eigenvalue weighted by Gasteiger charge is -2.30. The highest BCUT2D eigenvalue weighted by Gasteiger charge is 2.22. The van der Waals surface area contributed by atoms with Gasteiger partial charge >= 0.3 is 6.01 Å². The first-order chi connectivity index (χ1) is 24.2. The number of para-hydroxylation sites is 1. The van der Waals surface area contributed by atoms with Crippen LogP contribution in [0.1, 0.15) is 24.8 Å². The summed E-state index contributed by atoms with van der Waals surface area (Å²) in [6.07, 6.45) is 5.08. The first-order valence-corrected chi connectivity index (χ1v) is 16.6. The van der Waals surface area contributed by atoms with E-state index in [1.54, 1.807) is 19.4 Å². The molecular formula is C33H40N12O4. The molecule has 16 heteroatoms. The zero-order valence-electron chi connectivity index (χ0n) is 27.5. The predicted molar refractivity (Wildman–Crippen MR) is 186 cm³/mol. The van der Waals surface area contributed by atoms with E-state index in [0.717, 1.165) is 37.2 Å². The standard InChI is InChI=1S/C33H40N12O4/c1-46-27-22-24(23-34-42-29-36-28(35-25-8-4-2-5-9-25)37-30(38-29)43-12-6-3-7-13-43)10-11-26(27)49-33-40-31(44-14-18-47-19-15-44)39-32(41-33)45-16-20-48-21-17-45/h2,4-5,8-11,22-23H,3,6-7,12-21H2,1H3,(H2,35,36,37,38,42)/b34-23+. The third-order valence-corrected chi connectivity index (χ3v) is 8.24. The molecular weight excluding hydrogens is 628 g/mol. The van der Waals surface area contributed by atoms with Crippen LogP contribution in [0, 0.1) is 0 Å². The average molecular weight is 669 g/mol. The Labute approximate surface area is 284 Å². The van der Waals surface area contributed by atoms with Crippen LogP contribution in [0.4, 0.5) is 35.4 Å². The van der Waals surface area contributed by atoms with Gasteiger partial charge in [-0.15, -0.1) is 0 Å². The molecule has 2 aromatic heterocycles. The van der Waals surface area contributed by atoms with Crippen LogP contribution in [0.25, 0.3) is 0 Å². The molecule has 4 aromatic rings. The summed E-state index contributed by atoms with van der Waals surface area (Å²) < 4.78 is 23.0. The van der Waals surface area contributed by atoms with Gasteiger partial charge in [-0.25, -0.2) is 5.43 Å². The number of benzene rings is 2. The Kier molecular flexibility index (Phi) is 10.3. The summed E-state index contributed by atoms with van der Waals surface area (Å²) in [6, 6.07) is 15.5. The molecule has 0 amide bonds. The Morgan fingerprint density at radius 2 is 1.31 bits per heavy atom. The fourth-order valence-corrected chi connectivity index (χ4v) is 5.66. The third-order valence-electron chi connectivity index (χ3n) is 8.24. The first-order valence-electron chi connectivity index (χ1n) is 16.6. The number of methoxy groups -OCH3 is 1. The van der Waals surface area contributed by atoms with Crippen molar-refractivity contribution in [1.82, 2.24) is 29.9 Å². The highest BCUT2D eigenvalue weighted by Crippen LogP contribution is 2.32. The van der Waals surface area contributed by atoms with Gasteiger partial charge in [-0.05, 0) is 55.2 Å². The van der Waals surface area contributed by atoms with E-state index in [1.165, 1.54) is 6.42 Å². The molecule has 5 heterocycles. The van der Waals surface area contributed by atoms with Crippen LogP contribution in [-0.4, -0.2) is 109 Å². The van der Waals surface area contributed by atoms with Gasteiger partial charge in [0.2, 0.25) is 29.7 Å². The van der Waals surface area contributed by atoms with Gasteiger partial charge in [0.15, 0.2) is 11.5 Å². The third kappa shape index (κ3) is 8.39. The highest BCUT2D eigenvalue weighted by molar-refractivity contribution is 5.81. The minimum absolute atomic E-state index is 0.179. The van der Waals surface area contributed by atoms with Gasteiger partial charge in [0, 0.05) is 45.0 Å². The highest BCUT2D eigenvalue weighted by atomic mass is 16.5. The number of nitrogens with zero attached hydrogens (tertiary/aromatic N) is 10. The second kappa shape index (κ2) is 15.7. The van der Waals surface area contributed by atoms with E-state index in [-0.39, 0.29) is 6.01 Å². The molecule has 49 heavy (non-hydrogen) atoms. The van der Waals surface area contributed by atoms with Crippen LogP contribution in [0.3, 0.4) is 0 Å². The minimum Gasteiger partial charge on any atom is -0.493 e. The molecule has 0 radical (unpaired) electrons. The summed E-state index contributed by atoms with van der Waals surface area (Å²) in [6.45, 7) is 6.99. The van der Waals surface area contributed by atoms with Crippen molar-refractivity contribution in [2.75, 3.05) is 98.2 Å². The lowest BCUT2D eigenvalue weighted by atomic mass is 10.1. The topological polar surface area (TPSA) is 160 Å². The molecule has 3 aliphatic heterocycles. The maximum absolute atomic E-state index is 6.22. The molecule has 0 bridgehead atoms. The molecule has 7 rings (SSSR count). The van der Waals surface area contributed by atoms with Crippen LogP contribution >= 0.6 is 0 Å².